The molecule has 0 unspecified atom stereocenters. The van der Waals surface area contributed by atoms with Gasteiger partial charge < -0.3 is 9.72 Å². The average Bonchev–Trinajstić information content (AvgIpc) is 2.62. The maximum Gasteiger partial charge on any atom is 0.344 e. The number of rotatable bonds is 4. The van der Waals surface area contributed by atoms with Gasteiger partial charge in [0.2, 0.25) is 0 Å². The predicted octanol–water partition coefficient (Wildman–Crippen LogP) is 4.54. The summed E-state index contributed by atoms with van der Waals surface area (Å²) >= 11 is 6.30. The van der Waals surface area contributed by atoms with Gasteiger partial charge in [0.1, 0.15) is 5.56 Å². The molecule has 1 aromatic heterocycles. The van der Waals surface area contributed by atoms with Crippen LogP contribution in [0.2, 0.25) is 5.02 Å². The molecule has 126 valence electrons. The number of carbonyl (C=O) groups is 1. The van der Waals surface area contributed by atoms with Gasteiger partial charge in [0.05, 0.1) is 6.61 Å². The molecule has 0 amide bonds. The summed E-state index contributed by atoms with van der Waals surface area (Å²) < 4.78 is 5.05. The third-order valence-electron chi connectivity index (χ3n) is 3.76. The van der Waals surface area contributed by atoms with E-state index in [1.165, 1.54) is 0 Å². The fourth-order valence-corrected chi connectivity index (χ4v) is 2.87. The standard InChI is InChI=1S/C20H16ClNO3/c1-2-25-20(24)18-15(14-10-6-7-11-16(14)21)12-17(22-19(18)23)13-8-4-3-5-9-13/h3-12H,2H2,1H3,(H,22,23). The molecule has 0 spiro atoms. The first-order chi connectivity index (χ1) is 12.1. The van der Waals surface area contributed by atoms with Crippen molar-refractivity contribution in [2.45, 2.75) is 6.92 Å². The van der Waals surface area contributed by atoms with Crippen LogP contribution in [0.1, 0.15) is 17.3 Å². The van der Waals surface area contributed by atoms with Crippen molar-refractivity contribution in [2.75, 3.05) is 6.61 Å². The molecular weight excluding hydrogens is 338 g/mol. The van der Waals surface area contributed by atoms with E-state index in [1.54, 1.807) is 37.3 Å². The van der Waals surface area contributed by atoms with Crippen molar-refractivity contribution in [3.05, 3.63) is 81.6 Å². The summed E-state index contributed by atoms with van der Waals surface area (Å²) in [4.78, 5) is 27.7. The Morgan fingerprint density at radius 3 is 2.40 bits per heavy atom. The van der Waals surface area contributed by atoms with Gasteiger partial charge in [0.15, 0.2) is 0 Å². The van der Waals surface area contributed by atoms with E-state index < -0.39 is 11.5 Å². The van der Waals surface area contributed by atoms with Crippen LogP contribution >= 0.6 is 11.6 Å². The first-order valence-corrected chi connectivity index (χ1v) is 8.24. The number of halogens is 1. The fourth-order valence-electron chi connectivity index (χ4n) is 2.63. The van der Waals surface area contributed by atoms with Crippen LogP contribution < -0.4 is 5.56 Å². The minimum atomic E-state index is -0.668. The van der Waals surface area contributed by atoms with Gasteiger partial charge >= 0.3 is 5.97 Å². The van der Waals surface area contributed by atoms with Crippen molar-refractivity contribution in [2.24, 2.45) is 0 Å². The first-order valence-electron chi connectivity index (χ1n) is 7.86. The Balaban J connectivity index is 2.28. The molecule has 0 aliphatic heterocycles. The van der Waals surface area contributed by atoms with Gasteiger partial charge in [-0.25, -0.2) is 4.79 Å². The normalized spacial score (nSPS) is 10.5. The molecule has 25 heavy (non-hydrogen) atoms. The number of aromatic amines is 1. The zero-order valence-electron chi connectivity index (χ0n) is 13.6. The molecule has 0 radical (unpaired) electrons. The number of esters is 1. The second kappa shape index (κ2) is 7.36. The van der Waals surface area contributed by atoms with E-state index in [9.17, 15) is 9.59 Å². The molecule has 0 fully saturated rings. The largest absolute Gasteiger partial charge is 0.462 e. The number of aromatic nitrogens is 1. The molecule has 4 nitrogen and oxygen atoms in total. The van der Waals surface area contributed by atoms with E-state index in [2.05, 4.69) is 4.98 Å². The van der Waals surface area contributed by atoms with Gasteiger partial charge in [0.25, 0.3) is 5.56 Å². The van der Waals surface area contributed by atoms with Crippen molar-refractivity contribution in [1.82, 2.24) is 4.98 Å². The van der Waals surface area contributed by atoms with E-state index in [0.717, 1.165) is 5.56 Å². The molecule has 1 heterocycles. The number of pyridine rings is 1. The molecule has 0 aliphatic carbocycles. The molecule has 0 bridgehead atoms. The van der Waals surface area contributed by atoms with Crippen LogP contribution in [0.15, 0.2) is 65.5 Å². The molecular formula is C20H16ClNO3. The number of carbonyl (C=O) groups excluding carboxylic acids is 1. The Kier molecular flexibility index (Phi) is 5.00. The van der Waals surface area contributed by atoms with E-state index in [-0.39, 0.29) is 12.2 Å². The zero-order chi connectivity index (χ0) is 17.8. The molecule has 1 N–H and O–H groups in total. The maximum absolute atomic E-state index is 12.6. The summed E-state index contributed by atoms with van der Waals surface area (Å²) in [5.74, 6) is -0.668. The van der Waals surface area contributed by atoms with E-state index >= 15 is 0 Å². The van der Waals surface area contributed by atoms with Crippen LogP contribution in [0.25, 0.3) is 22.4 Å². The van der Waals surface area contributed by atoms with Gasteiger partial charge in [-0.3, -0.25) is 4.79 Å². The smallest absolute Gasteiger partial charge is 0.344 e. The molecule has 0 saturated heterocycles. The van der Waals surface area contributed by atoms with Crippen LogP contribution in [0.4, 0.5) is 0 Å². The molecule has 0 saturated carbocycles. The molecule has 0 atom stereocenters. The lowest BCUT2D eigenvalue weighted by Gasteiger charge is -2.12. The van der Waals surface area contributed by atoms with Crippen molar-refractivity contribution in [1.29, 1.82) is 0 Å². The van der Waals surface area contributed by atoms with Gasteiger partial charge in [0, 0.05) is 21.8 Å². The van der Waals surface area contributed by atoms with E-state index in [1.807, 2.05) is 30.3 Å². The Morgan fingerprint density at radius 1 is 1.04 bits per heavy atom. The summed E-state index contributed by atoms with van der Waals surface area (Å²) in [5, 5.41) is 0.456. The third kappa shape index (κ3) is 3.49. The number of nitrogens with one attached hydrogen (secondary N) is 1. The topological polar surface area (TPSA) is 59.2 Å². The fraction of sp³-hybridized carbons (Fsp3) is 0.100. The summed E-state index contributed by atoms with van der Waals surface area (Å²) in [7, 11) is 0. The van der Waals surface area contributed by atoms with Crippen LogP contribution in [-0.2, 0) is 4.74 Å². The number of hydrogen-bond acceptors (Lipinski definition) is 3. The lowest BCUT2D eigenvalue weighted by atomic mass is 9.98. The maximum atomic E-state index is 12.6. The van der Waals surface area contributed by atoms with Crippen LogP contribution in [0.3, 0.4) is 0 Å². The summed E-state index contributed by atoms with van der Waals surface area (Å²) in [6, 6.07) is 18.2. The van der Waals surface area contributed by atoms with E-state index in [0.29, 0.717) is 21.8 Å². The Hall–Kier alpha value is -2.85. The van der Waals surface area contributed by atoms with Crippen molar-refractivity contribution >= 4 is 17.6 Å². The minimum Gasteiger partial charge on any atom is -0.462 e. The summed E-state index contributed by atoms with van der Waals surface area (Å²) in [5.41, 5.74) is 1.95. The highest BCUT2D eigenvalue weighted by Crippen LogP contribution is 2.31. The Labute approximate surface area is 150 Å². The Morgan fingerprint density at radius 2 is 1.72 bits per heavy atom. The van der Waals surface area contributed by atoms with Gasteiger partial charge in [-0.05, 0) is 24.6 Å². The lowest BCUT2D eigenvalue weighted by Crippen LogP contribution is -2.21. The van der Waals surface area contributed by atoms with Gasteiger partial charge in [-0.1, -0.05) is 60.1 Å². The third-order valence-corrected chi connectivity index (χ3v) is 4.09. The number of ether oxygens (including phenoxy) is 1. The molecule has 5 heteroatoms. The van der Waals surface area contributed by atoms with Crippen molar-refractivity contribution < 1.29 is 9.53 Å². The molecule has 2 aromatic carbocycles. The quantitative estimate of drug-likeness (QED) is 0.700. The van der Waals surface area contributed by atoms with Crippen LogP contribution in [-0.4, -0.2) is 17.6 Å². The number of benzene rings is 2. The predicted molar refractivity (Wildman–Crippen MR) is 98.9 cm³/mol. The van der Waals surface area contributed by atoms with Crippen LogP contribution in [0, 0.1) is 0 Å². The minimum absolute atomic E-state index is 0.0466. The second-order valence-corrected chi connectivity index (χ2v) is 5.77. The summed E-state index contributed by atoms with van der Waals surface area (Å²) in [6.45, 7) is 1.88. The first kappa shape index (κ1) is 17.0. The molecule has 0 aliphatic rings. The zero-order valence-corrected chi connectivity index (χ0v) is 14.3. The van der Waals surface area contributed by atoms with Crippen molar-refractivity contribution in [3.63, 3.8) is 0 Å². The number of H-pyrrole nitrogens is 1. The van der Waals surface area contributed by atoms with Gasteiger partial charge in [-0.15, -0.1) is 0 Å². The molecule has 3 rings (SSSR count). The van der Waals surface area contributed by atoms with Crippen molar-refractivity contribution in [3.8, 4) is 22.4 Å². The highest BCUT2D eigenvalue weighted by atomic mass is 35.5. The lowest BCUT2D eigenvalue weighted by molar-refractivity contribution is 0.0525. The highest BCUT2D eigenvalue weighted by Gasteiger charge is 2.21. The summed E-state index contributed by atoms with van der Waals surface area (Å²) in [6.07, 6.45) is 0. The Bertz CT molecular complexity index is 964. The van der Waals surface area contributed by atoms with E-state index in [4.69, 9.17) is 16.3 Å². The molecule has 3 aromatic rings. The van der Waals surface area contributed by atoms with Crippen LogP contribution in [0.5, 0.6) is 0 Å². The SMILES string of the molecule is CCOC(=O)c1c(-c2ccccc2Cl)cc(-c2ccccc2)[nH]c1=O. The number of hydrogen-bond donors (Lipinski definition) is 1. The van der Waals surface area contributed by atoms with Gasteiger partial charge in [-0.2, -0.15) is 0 Å². The highest BCUT2D eigenvalue weighted by molar-refractivity contribution is 6.33. The average molecular weight is 354 g/mol. The monoisotopic (exact) mass is 353 g/mol. The second-order valence-electron chi connectivity index (χ2n) is 5.37.